The number of nitrogens with one attached hydrogen (secondary N) is 2. The number of carbonyl (C=O) groups excluding carboxylic acids is 3. The standard InChI is InChI=1S/C18H16N4O6S3/c1-28-18(27)21-17-19-6-10(31-17)9-7-30-15-12(14(24)22(15)13(9)16(25)26)20-11(23)5-8-3-2-4-29-8/h2-4,6,12,15H,5,7H2,1H3,(H,20,23)(H,25,26)(H,19,21,27). The predicted octanol–water partition coefficient (Wildman–Crippen LogP) is 1.82. The van der Waals surface area contributed by atoms with Crippen molar-refractivity contribution in [2.45, 2.75) is 17.8 Å². The average molecular weight is 481 g/mol. The molecule has 0 bridgehead atoms. The number of thiazole rings is 1. The van der Waals surface area contributed by atoms with Gasteiger partial charge in [0, 0.05) is 22.4 Å². The number of thioether (sulfide) groups is 1. The van der Waals surface area contributed by atoms with Crippen molar-refractivity contribution < 1.29 is 29.0 Å². The second kappa shape index (κ2) is 8.69. The van der Waals surface area contributed by atoms with Gasteiger partial charge in [-0.1, -0.05) is 17.4 Å². The number of β-lactam (4-membered cyclic amide) rings is 1. The number of fused-ring (bicyclic) bond motifs is 1. The topological polar surface area (TPSA) is 138 Å². The van der Waals surface area contributed by atoms with Crippen LogP contribution in [0, 0.1) is 0 Å². The summed E-state index contributed by atoms with van der Waals surface area (Å²) in [4.78, 5) is 55.0. The van der Waals surface area contributed by atoms with E-state index in [-0.39, 0.29) is 23.2 Å². The fourth-order valence-corrected chi connectivity index (χ4v) is 6.22. The number of aromatic nitrogens is 1. The molecule has 3 amide bonds. The minimum atomic E-state index is -1.24. The maximum absolute atomic E-state index is 12.7. The van der Waals surface area contributed by atoms with Crippen molar-refractivity contribution in [2.24, 2.45) is 0 Å². The normalized spacial score (nSPS) is 20.0. The Balaban J connectivity index is 1.52. The molecule has 0 saturated carbocycles. The quantitative estimate of drug-likeness (QED) is 0.533. The maximum Gasteiger partial charge on any atom is 0.413 e. The Kier molecular flexibility index (Phi) is 5.98. The number of ether oxygens (including phenoxy) is 1. The van der Waals surface area contributed by atoms with Gasteiger partial charge in [0.05, 0.1) is 18.4 Å². The molecule has 13 heteroatoms. The first kappa shape index (κ1) is 21.3. The van der Waals surface area contributed by atoms with Crippen LogP contribution in [-0.4, -0.2) is 63.1 Å². The van der Waals surface area contributed by atoms with Crippen LogP contribution in [0.15, 0.2) is 29.4 Å². The van der Waals surface area contributed by atoms with Crippen LogP contribution < -0.4 is 10.6 Å². The number of nitrogens with zero attached hydrogens (tertiary/aromatic N) is 2. The average Bonchev–Trinajstić information content (AvgIpc) is 3.42. The van der Waals surface area contributed by atoms with Crippen molar-refractivity contribution in [2.75, 3.05) is 18.2 Å². The second-order valence-electron chi connectivity index (χ2n) is 6.49. The molecule has 3 N–H and O–H groups in total. The van der Waals surface area contributed by atoms with Crippen LogP contribution in [0.25, 0.3) is 5.57 Å². The number of rotatable bonds is 6. The molecule has 2 aromatic heterocycles. The van der Waals surface area contributed by atoms with Crippen LogP contribution in [-0.2, 0) is 25.5 Å². The Labute approximate surface area is 188 Å². The summed E-state index contributed by atoms with van der Waals surface area (Å²) in [5.74, 6) is -1.68. The maximum atomic E-state index is 12.7. The van der Waals surface area contributed by atoms with Crippen molar-refractivity contribution in [3.05, 3.63) is 39.2 Å². The summed E-state index contributed by atoms with van der Waals surface area (Å²) in [6, 6.07) is 2.91. The van der Waals surface area contributed by atoms with E-state index < -0.39 is 29.4 Å². The molecule has 31 heavy (non-hydrogen) atoms. The second-order valence-corrected chi connectivity index (χ2v) is 9.66. The molecule has 1 saturated heterocycles. The number of carboxylic acids is 1. The Morgan fingerprint density at radius 1 is 1.39 bits per heavy atom. The van der Waals surface area contributed by atoms with Crippen LogP contribution in [0.1, 0.15) is 9.75 Å². The third-order valence-electron chi connectivity index (χ3n) is 4.60. The van der Waals surface area contributed by atoms with Gasteiger partial charge in [-0.3, -0.25) is 19.8 Å². The third kappa shape index (κ3) is 4.16. The van der Waals surface area contributed by atoms with Gasteiger partial charge >= 0.3 is 12.1 Å². The van der Waals surface area contributed by atoms with E-state index in [4.69, 9.17) is 0 Å². The zero-order chi connectivity index (χ0) is 22.1. The van der Waals surface area contributed by atoms with Crippen molar-refractivity contribution in [3.63, 3.8) is 0 Å². The Bertz CT molecular complexity index is 1080. The van der Waals surface area contributed by atoms with Gasteiger partial charge in [0.2, 0.25) is 5.91 Å². The number of amides is 3. The molecule has 0 radical (unpaired) electrons. The molecule has 1 fully saturated rings. The van der Waals surface area contributed by atoms with E-state index in [9.17, 15) is 24.3 Å². The summed E-state index contributed by atoms with van der Waals surface area (Å²) >= 11 is 3.90. The van der Waals surface area contributed by atoms with E-state index >= 15 is 0 Å². The van der Waals surface area contributed by atoms with E-state index in [1.807, 2.05) is 17.5 Å². The van der Waals surface area contributed by atoms with Gasteiger partial charge in [-0.05, 0) is 11.4 Å². The lowest BCUT2D eigenvalue weighted by Gasteiger charge is -2.49. The molecule has 0 spiro atoms. The number of hydrogen-bond donors (Lipinski definition) is 3. The van der Waals surface area contributed by atoms with E-state index in [1.54, 1.807) is 0 Å². The summed E-state index contributed by atoms with van der Waals surface area (Å²) in [5, 5.41) is 16.6. The molecule has 4 heterocycles. The Hall–Kier alpha value is -2.90. The molecule has 0 aromatic carbocycles. The first-order chi connectivity index (χ1) is 14.9. The van der Waals surface area contributed by atoms with Gasteiger partial charge in [0.1, 0.15) is 17.1 Å². The number of hydrogen-bond acceptors (Lipinski definition) is 9. The number of anilines is 1. The molecule has 2 aliphatic rings. The highest BCUT2D eigenvalue weighted by Gasteiger charge is 2.54. The van der Waals surface area contributed by atoms with Crippen molar-refractivity contribution in [1.29, 1.82) is 0 Å². The highest BCUT2D eigenvalue weighted by Crippen LogP contribution is 2.44. The Morgan fingerprint density at radius 3 is 2.87 bits per heavy atom. The fraction of sp³-hybridized carbons (Fsp3) is 0.278. The van der Waals surface area contributed by atoms with Gasteiger partial charge in [-0.15, -0.1) is 23.1 Å². The van der Waals surface area contributed by atoms with E-state index in [1.165, 1.54) is 41.3 Å². The highest BCUT2D eigenvalue weighted by molar-refractivity contribution is 8.00. The fourth-order valence-electron chi connectivity index (χ4n) is 3.21. The van der Waals surface area contributed by atoms with E-state index in [2.05, 4.69) is 20.4 Å². The number of carboxylic acid groups (broad SMARTS) is 1. The molecule has 2 atom stereocenters. The lowest BCUT2D eigenvalue weighted by atomic mass is 10.0. The summed E-state index contributed by atoms with van der Waals surface area (Å²) in [6.45, 7) is 0. The molecule has 2 aliphatic heterocycles. The summed E-state index contributed by atoms with van der Waals surface area (Å²) in [5.41, 5.74) is 0.298. The van der Waals surface area contributed by atoms with Crippen molar-refractivity contribution in [1.82, 2.24) is 15.2 Å². The van der Waals surface area contributed by atoms with Crippen LogP contribution in [0.2, 0.25) is 0 Å². The molecule has 10 nitrogen and oxygen atoms in total. The number of aliphatic carboxylic acids is 1. The summed E-state index contributed by atoms with van der Waals surface area (Å²) in [7, 11) is 1.22. The molecule has 4 rings (SSSR count). The molecule has 162 valence electrons. The van der Waals surface area contributed by atoms with E-state index in [0.717, 1.165) is 16.2 Å². The van der Waals surface area contributed by atoms with Crippen LogP contribution in [0.4, 0.5) is 9.93 Å². The Morgan fingerprint density at radius 2 is 2.19 bits per heavy atom. The minimum Gasteiger partial charge on any atom is -0.477 e. The van der Waals surface area contributed by atoms with Gasteiger partial charge in [-0.25, -0.2) is 14.6 Å². The van der Waals surface area contributed by atoms with Crippen LogP contribution in [0.5, 0.6) is 0 Å². The molecular formula is C18H16N4O6S3. The third-order valence-corrected chi connectivity index (χ3v) is 7.73. The lowest BCUT2D eigenvalue weighted by Crippen LogP contribution is -2.70. The monoisotopic (exact) mass is 480 g/mol. The molecular weight excluding hydrogens is 464 g/mol. The van der Waals surface area contributed by atoms with Gasteiger partial charge in [0.15, 0.2) is 5.13 Å². The summed E-state index contributed by atoms with van der Waals surface area (Å²) in [6.07, 6.45) is 0.924. The molecule has 2 aromatic rings. The first-order valence-electron chi connectivity index (χ1n) is 8.93. The minimum absolute atomic E-state index is 0.134. The zero-order valence-electron chi connectivity index (χ0n) is 16.0. The lowest BCUT2D eigenvalue weighted by molar-refractivity contribution is -0.150. The first-order valence-corrected chi connectivity index (χ1v) is 11.7. The van der Waals surface area contributed by atoms with Crippen LogP contribution in [0.3, 0.4) is 0 Å². The van der Waals surface area contributed by atoms with E-state index in [0.29, 0.717) is 16.2 Å². The SMILES string of the molecule is COC(=O)Nc1ncc(C2=C(C(=O)O)N3C(=O)C(NC(=O)Cc4cccs4)C3SC2)s1. The molecule has 2 unspecified atom stereocenters. The van der Waals surface area contributed by atoms with Gasteiger partial charge in [-0.2, -0.15) is 0 Å². The largest absolute Gasteiger partial charge is 0.477 e. The smallest absolute Gasteiger partial charge is 0.413 e. The molecule has 0 aliphatic carbocycles. The van der Waals surface area contributed by atoms with Gasteiger partial charge < -0.3 is 15.2 Å². The predicted molar refractivity (Wildman–Crippen MR) is 116 cm³/mol. The van der Waals surface area contributed by atoms with Crippen molar-refractivity contribution in [3.8, 4) is 0 Å². The van der Waals surface area contributed by atoms with Crippen LogP contribution >= 0.6 is 34.4 Å². The number of methoxy groups -OCH3 is 1. The highest BCUT2D eigenvalue weighted by atomic mass is 32.2. The van der Waals surface area contributed by atoms with Crippen molar-refractivity contribution >= 4 is 69.0 Å². The van der Waals surface area contributed by atoms with Gasteiger partial charge in [0.25, 0.3) is 5.91 Å². The summed E-state index contributed by atoms with van der Waals surface area (Å²) < 4.78 is 4.52. The zero-order valence-corrected chi connectivity index (χ0v) is 18.4. The number of thiophene rings is 1. The number of carbonyl (C=O) groups is 4.